The van der Waals surface area contributed by atoms with Gasteiger partial charge in [-0.15, -0.1) is 5.10 Å². The van der Waals surface area contributed by atoms with Gasteiger partial charge in [-0.3, -0.25) is 0 Å². The summed E-state index contributed by atoms with van der Waals surface area (Å²) in [5.41, 5.74) is 2.98. The van der Waals surface area contributed by atoms with Crippen LogP contribution in [0.1, 0.15) is 11.1 Å². The quantitative estimate of drug-likeness (QED) is 0.492. The molecule has 6 heteroatoms. The van der Waals surface area contributed by atoms with E-state index in [4.69, 9.17) is 16.3 Å². The number of nitrogens with zero attached hydrogens (tertiary/aromatic N) is 4. The lowest BCUT2D eigenvalue weighted by atomic mass is 10.1. The van der Waals surface area contributed by atoms with Crippen LogP contribution in [0.25, 0.3) is 11.4 Å². The zero-order chi connectivity index (χ0) is 18.5. The van der Waals surface area contributed by atoms with Gasteiger partial charge in [0, 0.05) is 16.1 Å². The van der Waals surface area contributed by atoms with Gasteiger partial charge in [0.05, 0.1) is 6.54 Å². The highest BCUT2D eigenvalue weighted by Crippen LogP contribution is 2.26. The van der Waals surface area contributed by atoms with Gasteiger partial charge in [0.25, 0.3) is 0 Å². The molecule has 3 aromatic carbocycles. The molecular weight excluding hydrogens is 360 g/mol. The van der Waals surface area contributed by atoms with Gasteiger partial charge in [-0.05, 0) is 34.2 Å². The van der Waals surface area contributed by atoms with Crippen LogP contribution >= 0.6 is 11.6 Å². The lowest BCUT2D eigenvalue weighted by Crippen LogP contribution is -2.07. The fourth-order valence-electron chi connectivity index (χ4n) is 2.81. The standard InChI is InChI=1S/C21H17ClN4O/c22-19-11-12-20(27-15-16-7-3-1-4-8-16)18(13-19)14-26-21(23-24-25-26)17-9-5-2-6-10-17/h1-13H,14-15H2. The SMILES string of the molecule is Clc1ccc(OCc2ccccc2)c(Cn2nnnc2-c2ccccc2)c1. The fraction of sp³-hybridized carbons (Fsp3) is 0.0952. The van der Waals surface area contributed by atoms with Crippen molar-refractivity contribution in [3.05, 3.63) is 95.0 Å². The molecular formula is C21H17ClN4O. The summed E-state index contributed by atoms with van der Waals surface area (Å²) in [5, 5.41) is 12.8. The number of benzene rings is 3. The number of rotatable bonds is 6. The van der Waals surface area contributed by atoms with E-state index in [-0.39, 0.29) is 0 Å². The van der Waals surface area contributed by atoms with Crippen LogP contribution in [-0.2, 0) is 13.2 Å². The van der Waals surface area contributed by atoms with E-state index >= 15 is 0 Å². The van der Waals surface area contributed by atoms with Crippen molar-refractivity contribution >= 4 is 11.6 Å². The zero-order valence-electron chi connectivity index (χ0n) is 14.5. The molecule has 0 unspecified atom stereocenters. The minimum atomic E-state index is 0.460. The average molecular weight is 377 g/mol. The number of hydrogen-bond acceptors (Lipinski definition) is 4. The number of ether oxygens (including phenoxy) is 1. The molecule has 0 aliphatic heterocycles. The van der Waals surface area contributed by atoms with Crippen LogP contribution in [0.4, 0.5) is 0 Å². The van der Waals surface area contributed by atoms with Gasteiger partial charge >= 0.3 is 0 Å². The predicted octanol–water partition coefficient (Wildman–Crippen LogP) is 4.62. The van der Waals surface area contributed by atoms with Crippen LogP contribution in [0.5, 0.6) is 5.75 Å². The Labute approximate surface area is 162 Å². The number of halogens is 1. The lowest BCUT2D eigenvalue weighted by molar-refractivity contribution is 0.302. The van der Waals surface area contributed by atoms with Gasteiger partial charge in [-0.2, -0.15) is 0 Å². The Morgan fingerprint density at radius 2 is 1.63 bits per heavy atom. The summed E-state index contributed by atoms with van der Waals surface area (Å²) in [4.78, 5) is 0. The van der Waals surface area contributed by atoms with Gasteiger partial charge in [0.1, 0.15) is 12.4 Å². The molecule has 4 rings (SSSR count). The van der Waals surface area contributed by atoms with E-state index in [0.29, 0.717) is 24.0 Å². The first-order valence-corrected chi connectivity index (χ1v) is 8.94. The van der Waals surface area contributed by atoms with Gasteiger partial charge in [-0.1, -0.05) is 72.3 Å². The molecule has 1 heterocycles. The third kappa shape index (κ3) is 4.15. The maximum Gasteiger partial charge on any atom is 0.182 e. The van der Waals surface area contributed by atoms with Crippen molar-refractivity contribution in [3.63, 3.8) is 0 Å². The molecule has 0 spiro atoms. The molecule has 5 nitrogen and oxygen atoms in total. The van der Waals surface area contributed by atoms with Crippen LogP contribution in [0.3, 0.4) is 0 Å². The molecule has 27 heavy (non-hydrogen) atoms. The summed E-state index contributed by atoms with van der Waals surface area (Å²) < 4.78 is 7.78. The minimum Gasteiger partial charge on any atom is -0.489 e. The summed E-state index contributed by atoms with van der Waals surface area (Å²) in [6, 6.07) is 25.5. The maximum absolute atomic E-state index is 6.21. The first-order valence-electron chi connectivity index (χ1n) is 8.56. The zero-order valence-corrected chi connectivity index (χ0v) is 15.3. The smallest absolute Gasteiger partial charge is 0.182 e. The molecule has 0 fully saturated rings. The Morgan fingerprint density at radius 3 is 2.41 bits per heavy atom. The van der Waals surface area contributed by atoms with Gasteiger partial charge in [0.2, 0.25) is 0 Å². The molecule has 0 atom stereocenters. The molecule has 0 aliphatic carbocycles. The second kappa shape index (κ2) is 8.01. The Kier molecular flexibility index (Phi) is 5.12. The number of aromatic nitrogens is 4. The molecule has 0 saturated carbocycles. The van der Waals surface area contributed by atoms with Crippen molar-refractivity contribution in [1.82, 2.24) is 20.2 Å². The minimum absolute atomic E-state index is 0.460. The van der Waals surface area contributed by atoms with Crippen molar-refractivity contribution in [2.24, 2.45) is 0 Å². The van der Waals surface area contributed by atoms with Crippen molar-refractivity contribution in [2.45, 2.75) is 13.2 Å². The molecule has 0 amide bonds. The van der Waals surface area contributed by atoms with E-state index in [1.165, 1.54) is 0 Å². The van der Waals surface area contributed by atoms with E-state index < -0.39 is 0 Å². The highest BCUT2D eigenvalue weighted by Gasteiger charge is 2.12. The van der Waals surface area contributed by atoms with E-state index in [2.05, 4.69) is 15.5 Å². The second-order valence-corrected chi connectivity index (χ2v) is 6.49. The lowest BCUT2D eigenvalue weighted by Gasteiger charge is -2.13. The summed E-state index contributed by atoms with van der Waals surface area (Å²) in [6.45, 7) is 0.943. The van der Waals surface area contributed by atoms with Crippen LogP contribution in [0.15, 0.2) is 78.9 Å². The topological polar surface area (TPSA) is 52.8 Å². The van der Waals surface area contributed by atoms with Gasteiger partial charge in [0.15, 0.2) is 5.82 Å². The predicted molar refractivity (Wildman–Crippen MR) is 105 cm³/mol. The van der Waals surface area contributed by atoms with E-state index in [1.54, 1.807) is 4.68 Å². The van der Waals surface area contributed by atoms with E-state index in [9.17, 15) is 0 Å². The Bertz CT molecular complexity index is 1020. The van der Waals surface area contributed by atoms with Crippen molar-refractivity contribution in [1.29, 1.82) is 0 Å². The molecule has 134 valence electrons. The number of hydrogen-bond donors (Lipinski definition) is 0. The van der Waals surface area contributed by atoms with Gasteiger partial charge < -0.3 is 4.74 Å². The first-order chi connectivity index (χ1) is 13.3. The van der Waals surface area contributed by atoms with Gasteiger partial charge in [-0.25, -0.2) is 4.68 Å². The highest BCUT2D eigenvalue weighted by molar-refractivity contribution is 6.30. The molecule has 0 radical (unpaired) electrons. The monoisotopic (exact) mass is 376 g/mol. The van der Waals surface area contributed by atoms with Crippen molar-refractivity contribution < 1.29 is 4.74 Å². The summed E-state index contributed by atoms with van der Waals surface area (Å²) in [5.74, 6) is 1.46. The normalized spacial score (nSPS) is 10.7. The summed E-state index contributed by atoms with van der Waals surface area (Å²) in [6.07, 6.45) is 0. The maximum atomic E-state index is 6.21. The van der Waals surface area contributed by atoms with Crippen molar-refractivity contribution in [3.8, 4) is 17.1 Å². The van der Waals surface area contributed by atoms with Crippen LogP contribution in [0, 0.1) is 0 Å². The molecule has 1 aromatic heterocycles. The Balaban J connectivity index is 1.59. The van der Waals surface area contributed by atoms with E-state index in [1.807, 2.05) is 78.9 Å². The molecule has 4 aromatic rings. The fourth-order valence-corrected chi connectivity index (χ4v) is 3.01. The third-order valence-electron chi connectivity index (χ3n) is 4.14. The molecule has 0 aliphatic rings. The average Bonchev–Trinajstić information content (AvgIpc) is 3.17. The third-order valence-corrected chi connectivity index (χ3v) is 4.38. The molecule has 0 bridgehead atoms. The van der Waals surface area contributed by atoms with E-state index in [0.717, 1.165) is 22.4 Å². The summed E-state index contributed by atoms with van der Waals surface area (Å²) in [7, 11) is 0. The summed E-state index contributed by atoms with van der Waals surface area (Å²) >= 11 is 6.21. The number of tetrazole rings is 1. The molecule has 0 saturated heterocycles. The Morgan fingerprint density at radius 1 is 0.889 bits per heavy atom. The van der Waals surface area contributed by atoms with Crippen LogP contribution < -0.4 is 4.74 Å². The second-order valence-electron chi connectivity index (χ2n) is 6.05. The largest absolute Gasteiger partial charge is 0.489 e. The highest BCUT2D eigenvalue weighted by atomic mass is 35.5. The first kappa shape index (κ1) is 17.2. The Hall–Kier alpha value is -3.18. The van der Waals surface area contributed by atoms with Crippen LogP contribution in [-0.4, -0.2) is 20.2 Å². The molecule has 0 N–H and O–H groups in total. The van der Waals surface area contributed by atoms with Crippen molar-refractivity contribution in [2.75, 3.05) is 0 Å². The van der Waals surface area contributed by atoms with Crippen LogP contribution in [0.2, 0.25) is 5.02 Å².